The molecule has 0 aliphatic rings. The van der Waals surface area contributed by atoms with Gasteiger partial charge in [0.05, 0.1) is 6.10 Å². The van der Waals surface area contributed by atoms with Gasteiger partial charge in [-0.1, -0.05) is 19.1 Å². The van der Waals surface area contributed by atoms with Gasteiger partial charge >= 0.3 is 0 Å². The number of carbonyl (C=O) groups is 1. The van der Waals surface area contributed by atoms with E-state index >= 15 is 0 Å². The Balaban J connectivity index is 2.43. The second kappa shape index (κ2) is 7.04. The van der Waals surface area contributed by atoms with Gasteiger partial charge in [0.25, 0.3) is 5.91 Å². The summed E-state index contributed by atoms with van der Waals surface area (Å²) in [6.07, 6.45) is 0.461. The van der Waals surface area contributed by atoms with E-state index in [1.807, 2.05) is 19.1 Å². The van der Waals surface area contributed by atoms with Gasteiger partial charge in [-0.15, -0.1) is 0 Å². The maximum atomic E-state index is 11.3. The van der Waals surface area contributed by atoms with E-state index in [0.717, 1.165) is 12.0 Å². The molecule has 0 aromatic heterocycles. The molecular formula is C13H20N2O2. The average molecular weight is 236 g/mol. The molecule has 0 bridgehead atoms. The first-order chi connectivity index (χ1) is 8.17. The predicted octanol–water partition coefficient (Wildman–Crippen LogP) is 0.907. The quantitative estimate of drug-likeness (QED) is 0.688. The minimum absolute atomic E-state index is 0.0779. The van der Waals surface area contributed by atoms with Crippen LogP contribution in [0.15, 0.2) is 24.3 Å². The average Bonchev–Trinajstić information content (AvgIpc) is 2.38. The summed E-state index contributed by atoms with van der Waals surface area (Å²) in [5.41, 5.74) is 1.76. The zero-order chi connectivity index (χ0) is 12.7. The van der Waals surface area contributed by atoms with Crippen LogP contribution < -0.4 is 10.6 Å². The van der Waals surface area contributed by atoms with Gasteiger partial charge in [0, 0.05) is 25.7 Å². The molecular weight excluding hydrogens is 216 g/mol. The highest BCUT2D eigenvalue weighted by atomic mass is 16.3. The second-order valence-corrected chi connectivity index (χ2v) is 3.97. The number of aliphatic hydroxyl groups excluding tert-OH is 1. The fraction of sp³-hybridized carbons (Fsp3) is 0.462. The van der Waals surface area contributed by atoms with Crippen molar-refractivity contribution in [1.29, 1.82) is 0 Å². The summed E-state index contributed by atoms with van der Waals surface area (Å²) in [6, 6.07) is 7.42. The molecule has 0 saturated heterocycles. The van der Waals surface area contributed by atoms with Crippen LogP contribution in [0.4, 0.5) is 0 Å². The first-order valence-electron chi connectivity index (χ1n) is 5.87. The topological polar surface area (TPSA) is 61.4 Å². The van der Waals surface area contributed by atoms with Crippen molar-refractivity contribution in [2.45, 2.75) is 26.0 Å². The van der Waals surface area contributed by atoms with Gasteiger partial charge in [0.2, 0.25) is 0 Å². The van der Waals surface area contributed by atoms with Crippen LogP contribution in [0.1, 0.15) is 29.3 Å². The molecule has 1 atom stereocenters. The zero-order valence-corrected chi connectivity index (χ0v) is 10.4. The van der Waals surface area contributed by atoms with Gasteiger partial charge in [-0.3, -0.25) is 4.79 Å². The highest BCUT2D eigenvalue weighted by Crippen LogP contribution is 2.04. The number of rotatable bonds is 6. The molecule has 3 N–H and O–H groups in total. The zero-order valence-electron chi connectivity index (χ0n) is 10.4. The van der Waals surface area contributed by atoms with Crippen LogP contribution in [0.3, 0.4) is 0 Å². The highest BCUT2D eigenvalue weighted by molar-refractivity contribution is 5.93. The Morgan fingerprint density at radius 3 is 2.53 bits per heavy atom. The van der Waals surface area contributed by atoms with Crippen molar-refractivity contribution < 1.29 is 9.90 Å². The molecule has 4 nitrogen and oxygen atoms in total. The van der Waals surface area contributed by atoms with Crippen molar-refractivity contribution >= 4 is 5.91 Å². The number of hydrogen-bond donors (Lipinski definition) is 3. The van der Waals surface area contributed by atoms with Gasteiger partial charge in [-0.2, -0.15) is 0 Å². The van der Waals surface area contributed by atoms with E-state index in [2.05, 4.69) is 10.6 Å². The lowest BCUT2D eigenvalue weighted by molar-refractivity contribution is 0.0963. The molecule has 0 aliphatic heterocycles. The van der Waals surface area contributed by atoms with Gasteiger partial charge in [0.15, 0.2) is 0 Å². The Morgan fingerprint density at radius 2 is 2.00 bits per heavy atom. The molecule has 1 amide bonds. The summed E-state index contributed by atoms with van der Waals surface area (Å²) in [7, 11) is 1.62. The summed E-state index contributed by atoms with van der Waals surface area (Å²) in [4.78, 5) is 11.3. The molecule has 0 saturated carbocycles. The Hall–Kier alpha value is -1.39. The van der Waals surface area contributed by atoms with E-state index in [0.29, 0.717) is 18.7 Å². The summed E-state index contributed by atoms with van der Waals surface area (Å²) in [5.74, 6) is -0.0779. The molecule has 1 unspecified atom stereocenters. The van der Waals surface area contributed by atoms with Crippen LogP contribution >= 0.6 is 0 Å². The molecule has 1 rings (SSSR count). The lowest BCUT2D eigenvalue weighted by Crippen LogP contribution is -2.25. The first-order valence-corrected chi connectivity index (χ1v) is 5.87. The largest absolute Gasteiger partial charge is 0.392 e. The number of benzene rings is 1. The fourth-order valence-electron chi connectivity index (χ4n) is 1.45. The molecule has 0 spiro atoms. The van der Waals surface area contributed by atoms with Gasteiger partial charge < -0.3 is 15.7 Å². The SMILES string of the molecule is CCC(O)CNCc1ccc(C(=O)NC)cc1. The highest BCUT2D eigenvalue weighted by Gasteiger charge is 2.03. The Labute approximate surface area is 102 Å². The molecule has 1 aromatic carbocycles. The molecule has 0 heterocycles. The van der Waals surface area contributed by atoms with Crippen molar-refractivity contribution in [3.63, 3.8) is 0 Å². The molecule has 0 fully saturated rings. The van der Waals surface area contributed by atoms with E-state index in [1.165, 1.54) is 0 Å². The smallest absolute Gasteiger partial charge is 0.251 e. The van der Waals surface area contributed by atoms with Gasteiger partial charge in [-0.05, 0) is 24.1 Å². The number of carbonyl (C=O) groups excluding carboxylic acids is 1. The summed E-state index contributed by atoms with van der Waals surface area (Å²) >= 11 is 0. The molecule has 17 heavy (non-hydrogen) atoms. The van der Waals surface area contributed by atoms with Crippen LogP contribution in [0.2, 0.25) is 0 Å². The maximum absolute atomic E-state index is 11.3. The molecule has 1 aromatic rings. The van der Waals surface area contributed by atoms with E-state index in [1.54, 1.807) is 19.2 Å². The van der Waals surface area contributed by atoms with Crippen molar-refractivity contribution in [3.8, 4) is 0 Å². The van der Waals surface area contributed by atoms with Crippen LogP contribution in [-0.2, 0) is 6.54 Å². The second-order valence-electron chi connectivity index (χ2n) is 3.97. The van der Waals surface area contributed by atoms with E-state index in [9.17, 15) is 9.90 Å². The van der Waals surface area contributed by atoms with Gasteiger partial charge in [-0.25, -0.2) is 0 Å². The maximum Gasteiger partial charge on any atom is 0.251 e. The first kappa shape index (κ1) is 13.7. The number of aliphatic hydroxyl groups is 1. The predicted molar refractivity (Wildman–Crippen MR) is 67.8 cm³/mol. The van der Waals surface area contributed by atoms with Crippen LogP contribution in [-0.4, -0.2) is 30.7 Å². The summed E-state index contributed by atoms with van der Waals surface area (Å²) in [6.45, 7) is 3.24. The summed E-state index contributed by atoms with van der Waals surface area (Å²) < 4.78 is 0. The van der Waals surface area contributed by atoms with E-state index in [4.69, 9.17) is 0 Å². The minimum Gasteiger partial charge on any atom is -0.392 e. The normalized spacial score (nSPS) is 12.2. The third-order valence-corrected chi connectivity index (χ3v) is 2.62. The van der Waals surface area contributed by atoms with Crippen LogP contribution in [0, 0.1) is 0 Å². The van der Waals surface area contributed by atoms with Crippen molar-refractivity contribution in [2.24, 2.45) is 0 Å². The number of hydrogen-bond acceptors (Lipinski definition) is 3. The number of amides is 1. The standard InChI is InChI=1S/C13H20N2O2/c1-3-12(16)9-15-8-10-4-6-11(7-5-10)13(17)14-2/h4-7,12,15-16H,3,8-9H2,1-2H3,(H,14,17). The molecule has 0 aliphatic carbocycles. The lowest BCUT2D eigenvalue weighted by Gasteiger charge is -2.09. The minimum atomic E-state index is -0.292. The van der Waals surface area contributed by atoms with Crippen molar-refractivity contribution in [1.82, 2.24) is 10.6 Å². The molecule has 94 valence electrons. The fourth-order valence-corrected chi connectivity index (χ4v) is 1.45. The number of nitrogens with one attached hydrogen (secondary N) is 2. The van der Waals surface area contributed by atoms with E-state index in [-0.39, 0.29) is 12.0 Å². The third kappa shape index (κ3) is 4.54. The van der Waals surface area contributed by atoms with Crippen LogP contribution in [0.5, 0.6) is 0 Å². The molecule has 4 heteroatoms. The van der Waals surface area contributed by atoms with Crippen molar-refractivity contribution in [3.05, 3.63) is 35.4 Å². The Kier molecular flexibility index (Phi) is 5.66. The van der Waals surface area contributed by atoms with E-state index < -0.39 is 0 Å². The molecule has 0 radical (unpaired) electrons. The van der Waals surface area contributed by atoms with Gasteiger partial charge in [0.1, 0.15) is 0 Å². The lowest BCUT2D eigenvalue weighted by atomic mass is 10.1. The Morgan fingerprint density at radius 1 is 1.35 bits per heavy atom. The third-order valence-electron chi connectivity index (χ3n) is 2.62. The monoisotopic (exact) mass is 236 g/mol. The van der Waals surface area contributed by atoms with Crippen molar-refractivity contribution in [2.75, 3.05) is 13.6 Å². The Bertz CT molecular complexity index is 349. The summed E-state index contributed by atoms with van der Waals surface area (Å²) in [5, 5.41) is 15.1. The van der Waals surface area contributed by atoms with Crippen LogP contribution in [0.25, 0.3) is 0 Å².